The molecule has 3 rings (SSSR count). The van der Waals surface area contributed by atoms with Gasteiger partial charge in [0.25, 0.3) is 0 Å². The van der Waals surface area contributed by atoms with Crippen molar-refractivity contribution in [2.24, 2.45) is 4.99 Å². The molecule has 1 aromatic heterocycles. The quantitative estimate of drug-likeness (QED) is 0.604. The van der Waals surface area contributed by atoms with Gasteiger partial charge in [0.15, 0.2) is 11.8 Å². The average Bonchev–Trinajstić information content (AvgIpc) is 3.24. The minimum absolute atomic E-state index is 0.588. The standard InChI is InChI=1S/C17H31N7/c1-3-18-17(19-12-14-8-7-10-23(14)4-2)20-13-16-22-21-15-9-5-6-11-24(15)16/h14H,3-13H2,1-2H3,(H2,18,19,20). The van der Waals surface area contributed by atoms with Gasteiger partial charge in [-0.3, -0.25) is 4.90 Å². The second-order valence-corrected chi connectivity index (χ2v) is 6.64. The van der Waals surface area contributed by atoms with Gasteiger partial charge in [-0.15, -0.1) is 10.2 Å². The van der Waals surface area contributed by atoms with Gasteiger partial charge >= 0.3 is 0 Å². The molecule has 1 unspecified atom stereocenters. The maximum atomic E-state index is 4.73. The van der Waals surface area contributed by atoms with E-state index in [-0.39, 0.29) is 0 Å². The van der Waals surface area contributed by atoms with Crippen molar-refractivity contribution in [1.29, 1.82) is 0 Å². The lowest BCUT2D eigenvalue weighted by Gasteiger charge is -2.24. The van der Waals surface area contributed by atoms with Crippen molar-refractivity contribution < 1.29 is 0 Å². The van der Waals surface area contributed by atoms with Crippen LogP contribution in [0.25, 0.3) is 0 Å². The van der Waals surface area contributed by atoms with E-state index in [0.29, 0.717) is 12.6 Å². The van der Waals surface area contributed by atoms with Crippen molar-refractivity contribution >= 4 is 5.96 Å². The largest absolute Gasteiger partial charge is 0.357 e. The second-order valence-electron chi connectivity index (χ2n) is 6.64. The first-order valence-corrected chi connectivity index (χ1v) is 9.49. The normalized spacial score (nSPS) is 21.8. The molecule has 0 spiro atoms. The first-order valence-electron chi connectivity index (χ1n) is 9.49. The van der Waals surface area contributed by atoms with Crippen LogP contribution in [0.4, 0.5) is 0 Å². The molecule has 1 fully saturated rings. The Morgan fingerprint density at radius 2 is 2.08 bits per heavy atom. The molecule has 1 atom stereocenters. The first-order chi connectivity index (χ1) is 11.8. The van der Waals surface area contributed by atoms with E-state index in [1.807, 2.05) is 0 Å². The van der Waals surface area contributed by atoms with Crippen LogP contribution in [0.2, 0.25) is 0 Å². The Bertz CT molecular complexity index is 551. The summed E-state index contributed by atoms with van der Waals surface area (Å²) < 4.78 is 2.24. The fourth-order valence-corrected chi connectivity index (χ4v) is 3.73. The summed E-state index contributed by atoms with van der Waals surface area (Å²) in [5, 5.41) is 15.5. The number of guanidine groups is 1. The Kier molecular flexibility index (Phi) is 6.07. The zero-order valence-corrected chi connectivity index (χ0v) is 15.1. The molecule has 1 aromatic rings. The number of rotatable bonds is 6. The Hall–Kier alpha value is -1.63. The van der Waals surface area contributed by atoms with E-state index >= 15 is 0 Å². The molecule has 0 radical (unpaired) electrons. The van der Waals surface area contributed by atoms with Gasteiger partial charge in [0.2, 0.25) is 0 Å². The third-order valence-electron chi connectivity index (χ3n) is 5.07. The van der Waals surface area contributed by atoms with Crippen LogP contribution >= 0.6 is 0 Å². The maximum absolute atomic E-state index is 4.73. The highest BCUT2D eigenvalue weighted by Gasteiger charge is 2.22. The number of aryl methyl sites for hydroxylation is 1. The second kappa shape index (κ2) is 8.46. The van der Waals surface area contributed by atoms with Gasteiger partial charge in [0.05, 0.1) is 0 Å². The van der Waals surface area contributed by atoms with E-state index in [1.165, 1.54) is 32.2 Å². The zero-order chi connectivity index (χ0) is 16.8. The highest BCUT2D eigenvalue weighted by atomic mass is 15.3. The van der Waals surface area contributed by atoms with Crippen molar-refractivity contribution in [1.82, 2.24) is 30.3 Å². The Morgan fingerprint density at radius 3 is 2.92 bits per heavy atom. The summed E-state index contributed by atoms with van der Waals surface area (Å²) in [6.07, 6.45) is 6.07. The molecule has 134 valence electrons. The highest BCUT2D eigenvalue weighted by molar-refractivity contribution is 5.79. The molecule has 24 heavy (non-hydrogen) atoms. The van der Waals surface area contributed by atoms with E-state index in [4.69, 9.17) is 4.99 Å². The van der Waals surface area contributed by atoms with Gasteiger partial charge < -0.3 is 15.2 Å². The van der Waals surface area contributed by atoms with Gasteiger partial charge in [-0.25, -0.2) is 4.99 Å². The average molecular weight is 333 g/mol. The molecule has 0 aliphatic carbocycles. The molecule has 3 heterocycles. The zero-order valence-electron chi connectivity index (χ0n) is 15.1. The van der Waals surface area contributed by atoms with E-state index in [1.54, 1.807) is 0 Å². The van der Waals surface area contributed by atoms with Crippen molar-refractivity contribution in [3.8, 4) is 0 Å². The fourth-order valence-electron chi connectivity index (χ4n) is 3.73. The number of nitrogens with one attached hydrogen (secondary N) is 2. The molecule has 7 heteroatoms. The van der Waals surface area contributed by atoms with Gasteiger partial charge in [0.1, 0.15) is 12.4 Å². The van der Waals surface area contributed by atoms with Gasteiger partial charge in [-0.1, -0.05) is 6.92 Å². The van der Waals surface area contributed by atoms with Crippen LogP contribution in [0, 0.1) is 0 Å². The molecular weight excluding hydrogens is 302 g/mol. The lowest BCUT2D eigenvalue weighted by molar-refractivity contribution is 0.267. The number of likely N-dealkylation sites (N-methyl/N-ethyl adjacent to an activating group) is 1. The van der Waals surface area contributed by atoms with Crippen LogP contribution in [0.5, 0.6) is 0 Å². The van der Waals surface area contributed by atoms with E-state index in [9.17, 15) is 0 Å². The number of hydrogen-bond acceptors (Lipinski definition) is 4. The van der Waals surface area contributed by atoms with E-state index in [0.717, 1.165) is 50.2 Å². The van der Waals surface area contributed by atoms with Crippen LogP contribution < -0.4 is 10.6 Å². The van der Waals surface area contributed by atoms with Gasteiger partial charge in [0, 0.05) is 32.1 Å². The number of fused-ring (bicyclic) bond motifs is 1. The number of aliphatic imine (C=N–C) groups is 1. The van der Waals surface area contributed by atoms with Crippen molar-refractivity contribution in [3.63, 3.8) is 0 Å². The summed E-state index contributed by atoms with van der Waals surface area (Å²) in [7, 11) is 0. The molecule has 2 N–H and O–H groups in total. The first kappa shape index (κ1) is 17.2. The van der Waals surface area contributed by atoms with Crippen molar-refractivity contribution in [3.05, 3.63) is 11.6 Å². The maximum Gasteiger partial charge on any atom is 0.191 e. The molecule has 0 amide bonds. The minimum Gasteiger partial charge on any atom is -0.357 e. The summed E-state index contributed by atoms with van der Waals surface area (Å²) in [4.78, 5) is 7.28. The third-order valence-corrected chi connectivity index (χ3v) is 5.07. The Balaban J connectivity index is 1.58. The lowest BCUT2D eigenvalue weighted by Crippen LogP contribution is -2.44. The predicted octanol–water partition coefficient (Wildman–Crippen LogP) is 1.15. The van der Waals surface area contributed by atoms with Crippen LogP contribution in [0.1, 0.15) is 51.2 Å². The molecular formula is C17H31N7. The lowest BCUT2D eigenvalue weighted by atomic mass is 10.2. The molecule has 0 bridgehead atoms. The summed E-state index contributed by atoms with van der Waals surface area (Å²) >= 11 is 0. The summed E-state index contributed by atoms with van der Waals surface area (Å²) in [5.74, 6) is 2.99. The Labute approximate surface area is 144 Å². The summed E-state index contributed by atoms with van der Waals surface area (Å²) in [6, 6.07) is 0.625. The summed E-state index contributed by atoms with van der Waals surface area (Å²) in [6.45, 7) is 10.1. The predicted molar refractivity (Wildman–Crippen MR) is 96.0 cm³/mol. The monoisotopic (exact) mass is 333 g/mol. The molecule has 7 nitrogen and oxygen atoms in total. The number of nitrogens with zero attached hydrogens (tertiary/aromatic N) is 5. The van der Waals surface area contributed by atoms with Gasteiger partial charge in [-0.2, -0.15) is 0 Å². The minimum atomic E-state index is 0.588. The third kappa shape index (κ3) is 4.06. The number of aromatic nitrogens is 3. The number of hydrogen-bond donors (Lipinski definition) is 2. The molecule has 0 aromatic carbocycles. The molecule has 1 saturated heterocycles. The van der Waals surface area contributed by atoms with Crippen LogP contribution in [-0.2, 0) is 19.5 Å². The van der Waals surface area contributed by atoms with Crippen LogP contribution in [-0.4, -0.2) is 57.8 Å². The summed E-state index contributed by atoms with van der Waals surface area (Å²) in [5.41, 5.74) is 0. The fraction of sp³-hybridized carbons (Fsp3) is 0.824. The number of likely N-dealkylation sites (tertiary alicyclic amines) is 1. The highest BCUT2D eigenvalue weighted by Crippen LogP contribution is 2.16. The molecule has 2 aliphatic rings. The smallest absolute Gasteiger partial charge is 0.191 e. The SMILES string of the molecule is CCNC(=NCc1nnc2n1CCCC2)NCC1CCCN1CC. The topological polar surface area (TPSA) is 70.4 Å². The van der Waals surface area contributed by atoms with E-state index < -0.39 is 0 Å². The van der Waals surface area contributed by atoms with Crippen molar-refractivity contribution in [2.45, 2.75) is 65.1 Å². The van der Waals surface area contributed by atoms with Crippen molar-refractivity contribution in [2.75, 3.05) is 26.2 Å². The molecule has 0 saturated carbocycles. The van der Waals surface area contributed by atoms with Crippen LogP contribution in [0.15, 0.2) is 4.99 Å². The van der Waals surface area contributed by atoms with E-state index in [2.05, 4.69) is 44.1 Å². The Morgan fingerprint density at radius 1 is 1.17 bits per heavy atom. The van der Waals surface area contributed by atoms with Gasteiger partial charge in [-0.05, 0) is 45.7 Å². The van der Waals surface area contributed by atoms with Crippen LogP contribution in [0.3, 0.4) is 0 Å². The molecule has 2 aliphatic heterocycles.